The van der Waals surface area contributed by atoms with Crippen molar-refractivity contribution < 1.29 is 9.18 Å². The lowest BCUT2D eigenvalue weighted by Crippen LogP contribution is -2.40. The van der Waals surface area contributed by atoms with Crippen molar-refractivity contribution in [3.63, 3.8) is 0 Å². The highest BCUT2D eigenvalue weighted by molar-refractivity contribution is 6.88. The van der Waals surface area contributed by atoms with E-state index in [1.165, 1.54) is 0 Å². The highest BCUT2D eigenvalue weighted by Gasteiger charge is 2.22. The first-order chi connectivity index (χ1) is 6.36. The van der Waals surface area contributed by atoms with Gasteiger partial charge in [0.2, 0.25) is 0 Å². The Morgan fingerprint density at radius 3 is 2.29 bits per heavy atom. The second-order valence-electron chi connectivity index (χ2n) is 4.58. The van der Waals surface area contributed by atoms with Gasteiger partial charge < -0.3 is 0 Å². The molecule has 0 saturated carbocycles. The Bertz CT molecular complexity index is 366. The second-order valence-corrected chi connectivity index (χ2v) is 9.62. The van der Waals surface area contributed by atoms with E-state index < -0.39 is 8.07 Å². The average molecular weight is 210 g/mol. The fraction of sp³-hybridized carbons (Fsp3) is 0.364. The van der Waals surface area contributed by atoms with Crippen LogP contribution in [-0.2, 0) is 0 Å². The number of aldehydes is 1. The molecule has 3 heteroatoms. The first-order valence-corrected chi connectivity index (χ1v) is 8.12. The van der Waals surface area contributed by atoms with Crippen molar-refractivity contribution >= 4 is 19.5 Å². The second kappa shape index (κ2) is 3.65. The normalized spacial score (nSPS) is 11.5. The summed E-state index contributed by atoms with van der Waals surface area (Å²) in [5.41, 5.74) is 1.13. The third-order valence-electron chi connectivity index (χ3n) is 2.18. The largest absolute Gasteiger partial charge is 0.298 e. The summed E-state index contributed by atoms with van der Waals surface area (Å²) < 4.78 is 13.8. The molecule has 14 heavy (non-hydrogen) atoms. The van der Waals surface area contributed by atoms with Gasteiger partial charge in [-0.2, -0.15) is 0 Å². The van der Waals surface area contributed by atoms with Crippen LogP contribution in [0, 0.1) is 12.7 Å². The van der Waals surface area contributed by atoms with E-state index >= 15 is 0 Å². The molecule has 0 aliphatic carbocycles. The number of aryl methyl sites for hydroxylation is 1. The summed E-state index contributed by atoms with van der Waals surface area (Å²) >= 11 is 0. The lowest BCUT2D eigenvalue weighted by Gasteiger charge is -2.18. The van der Waals surface area contributed by atoms with Gasteiger partial charge in [-0.15, -0.1) is 0 Å². The van der Waals surface area contributed by atoms with E-state index in [4.69, 9.17) is 0 Å². The topological polar surface area (TPSA) is 17.1 Å². The number of rotatable bonds is 2. The predicted molar refractivity (Wildman–Crippen MR) is 59.5 cm³/mol. The molecule has 0 aliphatic rings. The Hall–Kier alpha value is -0.963. The summed E-state index contributed by atoms with van der Waals surface area (Å²) in [5.74, 6) is -0.329. The first-order valence-electron chi connectivity index (χ1n) is 4.62. The Morgan fingerprint density at radius 2 is 1.86 bits per heavy atom. The lowest BCUT2D eigenvalue weighted by molar-refractivity contribution is 0.112. The molecule has 1 aromatic rings. The van der Waals surface area contributed by atoms with Gasteiger partial charge in [-0.25, -0.2) is 4.39 Å². The van der Waals surface area contributed by atoms with Crippen LogP contribution < -0.4 is 5.19 Å². The van der Waals surface area contributed by atoms with Crippen LogP contribution >= 0.6 is 0 Å². The van der Waals surface area contributed by atoms with Crippen molar-refractivity contribution in [2.45, 2.75) is 26.6 Å². The molecule has 0 radical (unpaired) electrons. The van der Waals surface area contributed by atoms with Gasteiger partial charge in [0.25, 0.3) is 0 Å². The Kier molecular flexibility index (Phi) is 2.90. The van der Waals surface area contributed by atoms with Gasteiger partial charge in [0.1, 0.15) is 5.82 Å². The summed E-state index contributed by atoms with van der Waals surface area (Å²) in [6, 6.07) is 3.44. The standard InChI is InChI=1S/C11H15FOSi/c1-8-5-9(7-13)11(12)10(6-8)14(2,3)4/h5-7H,1-4H3. The molecule has 0 amide bonds. The number of carbonyl (C=O) groups excluding carboxylic acids is 1. The van der Waals surface area contributed by atoms with Crippen LogP contribution in [0.5, 0.6) is 0 Å². The monoisotopic (exact) mass is 210 g/mol. The van der Waals surface area contributed by atoms with E-state index in [1.54, 1.807) is 6.07 Å². The number of halogens is 1. The van der Waals surface area contributed by atoms with Crippen LogP contribution in [0.3, 0.4) is 0 Å². The highest BCUT2D eigenvalue weighted by atomic mass is 28.3. The average Bonchev–Trinajstić information content (AvgIpc) is 2.06. The third-order valence-corrected chi connectivity index (χ3v) is 4.16. The van der Waals surface area contributed by atoms with Gasteiger partial charge in [-0.1, -0.05) is 31.3 Å². The minimum absolute atomic E-state index is 0.183. The van der Waals surface area contributed by atoms with Crippen LogP contribution in [0.2, 0.25) is 19.6 Å². The van der Waals surface area contributed by atoms with E-state index in [2.05, 4.69) is 19.6 Å². The van der Waals surface area contributed by atoms with Crippen molar-refractivity contribution in [2.75, 3.05) is 0 Å². The van der Waals surface area contributed by atoms with Gasteiger partial charge in [0, 0.05) is 0 Å². The summed E-state index contributed by atoms with van der Waals surface area (Å²) in [5, 5.41) is 0.736. The van der Waals surface area contributed by atoms with Crippen LogP contribution in [0.15, 0.2) is 12.1 Å². The summed E-state index contributed by atoms with van der Waals surface area (Å²) in [7, 11) is -1.69. The first kappa shape index (κ1) is 11.1. The highest BCUT2D eigenvalue weighted by Crippen LogP contribution is 2.11. The van der Waals surface area contributed by atoms with Gasteiger partial charge in [-0.05, 0) is 18.2 Å². The molecule has 0 unspecified atom stereocenters. The molecule has 0 aliphatic heterocycles. The molecule has 0 spiro atoms. The van der Waals surface area contributed by atoms with Crippen LogP contribution in [0.1, 0.15) is 15.9 Å². The summed E-state index contributed by atoms with van der Waals surface area (Å²) in [4.78, 5) is 10.6. The minimum Gasteiger partial charge on any atom is -0.298 e. The molecule has 76 valence electrons. The zero-order valence-electron chi connectivity index (χ0n) is 9.02. The van der Waals surface area contributed by atoms with Crippen molar-refractivity contribution in [3.8, 4) is 0 Å². The van der Waals surface area contributed by atoms with Gasteiger partial charge >= 0.3 is 0 Å². The van der Waals surface area contributed by atoms with Crippen molar-refractivity contribution in [1.82, 2.24) is 0 Å². The van der Waals surface area contributed by atoms with E-state index in [-0.39, 0.29) is 11.4 Å². The van der Waals surface area contributed by atoms with Crippen LogP contribution in [0.25, 0.3) is 0 Å². The molecule has 0 atom stereocenters. The molecule has 0 heterocycles. The van der Waals surface area contributed by atoms with E-state index in [0.717, 1.165) is 10.8 Å². The van der Waals surface area contributed by atoms with Crippen LogP contribution in [0.4, 0.5) is 4.39 Å². The number of hydrogen-bond donors (Lipinski definition) is 0. The maximum absolute atomic E-state index is 13.8. The van der Waals surface area contributed by atoms with Gasteiger partial charge in [0.15, 0.2) is 6.29 Å². The molecular formula is C11H15FOSi. The molecule has 0 bridgehead atoms. The maximum Gasteiger partial charge on any atom is 0.152 e. The molecule has 0 aromatic heterocycles. The van der Waals surface area contributed by atoms with Gasteiger partial charge in [-0.3, -0.25) is 4.79 Å². The van der Waals surface area contributed by atoms with Crippen molar-refractivity contribution in [3.05, 3.63) is 29.1 Å². The zero-order valence-corrected chi connectivity index (χ0v) is 10.0. The molecule has 1 aromatic carbocycles. The predicted octanol–water partition coefficient (Wildman–Crippen LogP) is 2.49. The lowest BCUT2D eigenvalue weighted by atomic mass is 10.1. The third kappa shape index (κ3) is 2.10. The zero-order chi connectivity index (χ0) is 10.9. The molecule has 0 saturated heterocycles. The van der Waals surface area contributed by atoms with E-state index in [9.17, 15) is 9.18 Å². The maximum atomic E-state index is 13.8. The fourth-order valence-corrected chi connectivity index (χ4v) is 2.89. The van der Waals surface area contributed by atoms with E-state index in [1.807, 2.05) is 13.0 Å². The molecule has 1 nitrogen and oxygen atoms in total. The van der Waals surface area contributed by atoms with E-state index in [0.29, 0.717) is 6.29 Å². The smallest absolute Gasteiger partial charge is 0.152 e. The molecular weight excluding hydrogens is 195 g/mol. The minimum atomic E-state index is -1.69. The van der Waals surface area contributed by atoms with Crippen molar-refractivity contribution in [1.29, 1.82) is 0 Å². The number of hydrogen-bond acceptors (Lipinski definition) is 1. The Balaban J connectivity index is 3.44. The summed E-state index contributed by atoms with van der Waals surface area (Å²) in [6.07, 6.45) is 0.589. The summed E-state index contributed by atoms with van der Waals surface area (Å²) in [6.45, 7) is 8.09. The fourth-order valence-electron chi connectivity index (χ4n) is 1.43. The van der Waals surface area contributed by atoms with Crippen LogP contribution in [-0.4, -0.2) is 14.4 Å². The van der Waals surface area contributed by atoms with Crippen molar-refractivity contribution in [2.24, 2.45) is 0 Å². The Morgan fingerprint density at radius 1 is 1.29 bits per heavy atom. The van der Waals surface area contributed by atoms with Gasteiger partial charge in [0.05, 0.1) is 13.6 Å². The molecule has 1 rings (SSSR count). The SMILES string of the molecule is Cc1cc(C=O)c(F)c([Si](C)(C)C)c1. The molecule has 0 N–H and O–H groups in total. The Labute approximate surface area is 85.0 Å². The quantitative estimate of drug-likeness (QED) is 0.541. The molecule has 0 fully saturated rings. The number of benzene rings is 1. The number of carbonyl (C=O) groups is 1.